The normalized spacial score (nSPS) is 17.9. The van der Waals surface area contributed by atoms with E-state index in [1.807, 2.05) is 48.5 Å². The molecule has 34 heavy (non-hydrogen) atoms. The fraction of sp³-hybridized carbons (Fsp3) is 0.292. The lowest BCUT2D eigenvalue weighted by atomic mass is 9.74. The number of aromatic nitrogens is 2. The van der Waals surface area contributed by atoms with E-state index >= 15 is 0 Å². The number of anilines is 1. The van der Waals surface area contributed by atoms with Crippen LogP contribution in [0.25, 0.3) is 11.1 Å². The van der Waals surface area contributed by atoms with Gasteiger partial charge in [-0.3, -0.25) is 10.1 Å². The number of nitrogens with zero attached hydrogens (tertiary/aromatic N) is 3. The molecule has 0 saturated carbocycles. The smallest absolute Gasteiger partial charge is 0.412 e. The molecule has 10 heteroatoms. The number of ether oxygens (including phenoxy) is 1. The number of carbonyl (C=O) groups is 3. The van der Waals surface area contributed by atoms with E-state index in [1.165, 1.54) is 0 Å². The molecule has 2 heterocycles. The zero-order valence-electron chi connectivity index (χ0n) is 18.5. The van der Waals surface area contributed by atoms with Gasteiger partial charge < -0.3 is 14.7 Å². The van der Waals surface area contributed by atoms with E-state index in [2.05, 4.69) is 20.3 Å². The van der Waals surface area contributed by atoms with Gasteiger partial charge in [0, 0.05) is 17.9 Å². The molecule has 5 rings (SSSR count). The molecule has 1 unspecified atom stereocenters. The monoisotopic (exact) mass is 462 g/mol. The van der Waals surface area contributed by atoms with Gasteiger partial charge in [0.15, 0.2) is 0 Å². The minimum absolute atomic E-state index is 0.0792. The van der Waals surface area contributed by atoms with Crippen molar-refractivity contribution < 1.29 is 28.9 Å². The van der Waals surface area contributed by atoms with Crippen LogP contribution in [0.1, 0.15) is 41.4 Å². The number of rotatable bonds is 5. The Labute approximate surface area is 194 Å². The predicted molar refractivity (Wildman–Crippen MR) is 119 cm³/mol. The molecule has 2 aromatic carbocycles. The number of likely N-dealkylation sites (tertiary alicyclic amines) is 1. The summed E-state index contributed by atoms with van der Waals surface area (Å²) in [6, 6.07) is 14.9. The zero-order chi connectivity index (χ0) is 24.0. The van der Waals surface area contributed by atoms with Crippen molar-refractivity contribution in [2.45, 2.75) is 25.8 Å². The van der Waals surface area contributed by atoms with E-state index in [0.29, 0.717) is 0 Å². The minimum Gasteiger partial charge on any atom is -0.480 e. The largest absolute Gasteiger partial charge is 0.480 e. The van der Waals surface area contributed by atoms with Crippen LogP contribution in [-0.4, -0.2) is 57.5 Å². The van der Waals surface area contributed by atoms with Crippen LogP contribution in [0.4, 0.5) is 10.6 Å². The van der Waals surface area contributed by atoms with Gasteiger partial charge in [-0.2, -0.15) is 0 Å². The third kappa shape index (κ3) is 3.47. The van der Waals surface area contributed by atoms with Gasteiger partial charge in [-0.15, -0.1) is 0 Å². The maximum Gasteiger partial charge on any atom is 0.412 e. The second-order valence-corrected chi connectivity index (χ2v) is 9.07. The van der Waals surface area contributed by atoms with E-state index in [1.54, 1.807) is 13.8 Å². The van der Waals surface area contributed by atoms with E-state index < -0.39 is 29.4 Å². The summed E-state index contributed by atoms with van der Waals surface area (Å²) in [4.78, 5) is 38.1. The number of nitrogens with one attached hydrogen (secondary N) is 1. The van der Waals surface area contributed by atoms with Crippen molar-refractivity contribution in [2.24, 2.45) is 5.41 Å². The second kappa shape index (κ2) is 7.98. The number of aliphatic carboxylic acids is 1. The fourth-order valence-corrected chi connectivity index (χ4v) is 4.86. The van der Waals surface area contributed by atoms with Crippen LogP contribution in [0.15, 0.2) is 53.2 Å². The van der Waals surface area contributed by atoms with E-state index in [0.717, 1.165) is 27.2 Å². The van der Waals surface area contributed by atoms with Gasteiger partial charge in [-0.05, 0) is 32.6 Å². The highest BCUT2D eigenvalue weighted by molar-refractivity contribution is 6.02. The van der Waals surface area contributed by atoms with Crippen LogP contribution in [0.3, 0.4) is 0 Å². The Morgan fingerprint density at radius 1 is 1.09 bits per heavy atom. The van der Waals surface area contributed by atoms with E-state index in [4.69, 9.17) is 4.74 Å². The van der Waals surface area contributed by atoms with Crippen molar-refractivity contribution in [3.63, 3.8) is 0 Å². The predicted octanol–water partition coefficient (Wildman–Crippen LogP) is 3.37. The average Bonchev–Trinajstić information content (AvgIpc) is 3.38. The lowest BCUT2D eigenvalue weighted by Crippen LogP contribution is -2.67. The highest BCUT2D eigenvalue weighted by Crippen LogP contribution is 2.44. The molecule has 1 aromatic heterocycles. The first-order valence-electron chi connectivity index (χ1n) is 10.8. The van der Waals surface area contributed by atoms with Crippen molar-refractivity contribution in [1.29, 1.82) is 0 Å². The number of hydrogen-bond donors (Lipinski definition) is 2. The molecule has 2 N–H and O–H groups in total. The standard InChI is InChI=1S/C24H22N4O6/c1-24(2)12-28(19(24)22(30)31)21(29)18-20(27-34-26-18)25-23(32)33-11-17-15-9-5-3-7-13(15)14-8-4-6-10-16(14)17/h3-10,17,19H,11-12H2,1-2H3,(H,30,31)(H,25,27,32). The van der Waals surface area contributed by atoms with Gasteiger partial charge in [0.05, 0.1) is 0 Å². The third-order valence-electron chi connectivity index (χ3n) is 6.38. The number of fused-ring (bicyclic) bond motifs is 3. The van der Waals surface area contributed by atoms with Crippen LogP contribution in [0, 0.1) is 5.41 Å². The van der Waals surface area contributed by atoms with Crippen LogP contribution in [-0.2, 0) is 9.53 Å². The fourth-order valence-electron chi connectivity index (χ4n) is 4.86. The summed E-state index contributed by atoms with van der Waals surface area (Å²) in [5, 5.41) is 19.0. The first kappa shape index (κ1) is 21.6. The molecule has 10 nitrogen and oxygen atoms in total. The molecule has 1 atom stereocenters. The molecule has 2 aliphatic rings. The zero-order valence-corrected chi connectivity index (χ0v) is 18.5. The molecule has 3 aromatic rings. The molecule has 0 spiro atoms. The van der Waals surface area contributed by atoms with Crippen LogP contribution < -0.4 is 5.32 Å². The van der Waals surface area contributed by atoms with Crippen molar-refractivity contribution in [3.8, 4) is 11.1 Å². The van der Waals surface area contributed by atoms with Gasteiger partial charge in [-0.25, -0.2) is 14.2 Å². The lowest BCUT2D eigenvalue weighted by Gasteiger charge is -2.51. The summed E-state index contributed by atoms with van der Waals surface area (Å²) < 4.78 is 10.1. The maximum atomic E-state index is 12.8. The highest BCUT2D eigenvalue weighted by Gasteiger charge is 2.53. The van der Waals surface area contributed by atoms with Crippen LogP contribution in [0.2, 0.25) is 0 Å². The van der Waals surface area contributed by atoms with Crippen LogP contribution in [0.5, 0.6) is 0 Å². The van der Waals surface area contributed by atoms with Gasteiger partial charge >= 0.3 is 12.1 Å². The Balaban J connectivity index is 1.27. The molecule has 1 aliphatic heterocycles. The molecule has 0 bridgehead atoms. The first-order chi connectivity index (χ1) is 16.3. The third-order valence-corrected chi connectivity index (χ3v) is 6.38. The summed E-state index contributed by atoms with van der Waals surface area (Å²) in [5.41, 5.74) is 3.47. The number of benzene rings is 2. The summed E-state index contributed by atoms with van der Waals surface area (Å²) in [7, 11) is 0. The number of hydrogen-bond acceptors (Lipinski definition) is 7. The number of carbonyl (C=O) groups excluding carboxylic acids is 2. The number of carboxylic acids is 1. The van der Waals surface area contributed by atoms with Crippen molar-refractivity contribution >= 4 is 23.8 Å². The van der Waals surface area contributed by atoms with Gasteiger partial charge in [-0.1, -0.05) is 62.4 Å². The van der Waals surface area contributed by atoms with Crippen LogP contribution >= 0.6 is 0 Å². The molecule has 1 fully saturated rings. The Morgan fingerprint density at radius 3 is 2.29 bits per heavy atom. The molecule has 2 amide bonds. The molecular formula is C24H22N4O6. The second-order valence-electron chi connectivity index (χ2n) is 9.07. The maximum absolute atomic E-state index is 12.8. The molecule has 1 aliphatic carbocycles. The van der Waals surface area contributed by atoms with E-state index in [9.17, 15) is 19.5 Å². The number of carboxylic acid groups (broad SMARTS) is 1. The van der Waals surface area contributed by atoms with Crippen molar-refractivity contribution in [3.05, 3.63) is 65.4 Å². The highest BCUT2D eigenvalue weighted by atomic mass is 16.6. The van der Waals surface area contributed by atoms with Gasteiger partial charge in [0.25, 0.3) is 5.91 Å². The average molecular weight is 462 g/mol. The Bertz CT molecular complexity index is 1250. The Hall–Kier alpha value is -4.21. The van der Waals surface area contributed by atoms with E-state index in [-0.39, 0.29) is 30.6 Å². The van der Waals surface area contributed by atoms with Gasteiger partial charge in [0.2, 0.25) is 11.5 Å². The summed E-state index contributed by atoms with van der Waals surface area (Å²) >= 11 is 0. The molecule has 174 valence electrons. The van der Waals surface area contributed by atoms with Crippen molar-refractivity contribution in [2.75, 3.05) is 18.5 Å². The lowest BCUT2D eigenvalue weighted by molar-refractivity contribution is -0.156. The minimum atomic E-state index is -1.12. The number of amides is 2. The Morgan fingerprint density at radius 2 is 1.71 bits per heavy atom. The quantitative estimate of drug-likeness (QED) is 0.589. The molecular weight excluding hydrogens is 440 g/mol. The summed E-state index contributed by atoms with van der Waals surface area (Å²) in [6.45, 7) is 3.81. The Kier molecular flexibility index (Phi) is 5.07. The molecule has 0 radical (unpaired) electrons. The summed E-state index contributed by atoms with van der Waals surface area (Å²) in [5.74, 6) is -2.17. The van der Waals surface area contributed by atoms with Crippen molar-refractivity contribution in [1.82, 2.24) is 15.2 Å². The first-order valence-corrected chi connectivity index (χ1v) is 10.8. The van der Waals surface area contributed by atoms with Gasteiger partial charge in [0.1, 0.15) is 12.6 Å². The topological polar surface area (TPSA) is 135 Å². The SMILES string of the molecule is CC1(C)CN(C(=O)c2nonc2NC(=O)OCC2c3ccccc3-c3ccccc32)C1C(=O)O. The summed E-state index contributed by atoms with van der Waals surface area (Å²) in [6.07, 6.45) is -0.828. The molecule has 1 saturated heterocycles.